The summed E-state index contributed by atoms with van der Waals surface area (Å²) in [5, 5.41) is 19.7. The van der Waals surface area contributed by atoms with Crippen molar-refractivity contribution < 1.29 is 40.7 Å². The van der Waals surface area contributed by atoms with Crippen molar-refractivity contribution >= 4 is 40.5 Å². The van der Waals surface area contributed by atoms with Crippen molar-refractivity contribution in [3.8, 4) is 23.1 Å². The molecule has 1 saturated heterocycles. The van der Waals surface area contributed by atoms with Gasteiger partial charge in [0.2, 0.25) is 5.91 Å². The monoisotopic (exact) mass is 786 g/mol. The number of hydrogen-bond donors (Lipinski definition) is 1. The first-order valence-electron chi connectivity index (χ1n) is 16.9. The average molecular weight is 787 g/mol. The van der Waals surface area contributed by atoms with Crippen LogP contribution in [0.5, 0.6) is 5.75 Å². The molecule has 2 aromatic carbocycles. The maximum atomic E-state index is 15.6. The number of nitrogens with zero attached hydrogens (tertiary/aromatic N) is 7. The molecule has 5 rings (SSSR count). The summed E-state index contributed by atoms with van der Waals surface area (Å²) in [5.41, 5.74) is -5.34. The Kier molecular flexibility index (Phi) is 11.3. The molecule has 1 fully saturated rings. The second kappa shape index (κ2) is 15.3. The summed E-state index contributed by atoms with van der Waals surface area (Å²) in [6.07, 6.45) is -1.68. The van der Waals surface area contributed by atoms with Gasteiger partial charge in [-0.05, 0) is 75.2 Å². The summed E-state index contributed by atoms with van der Waals surface area (Å²) in [5.74, 6) is -4.82. The van der Waals surface area contributed by atoms with Crippen molar-refractivity contribution in [1.82, 2.24) is 25.3 Å². The molecule has 2 aromatic heterocycles. The Morgan fingerprint density at radius 3 is 2.42 bits per heavy atom. The number of carbonyl (C=O) groups is 2. The van der Waals surface area contributed by atoms with Gasteiger partial charge in [0.15, 0.2) is 28.3 Å². The molecule has 0 aliphatic carbocycles. The molecule has 0 bridgehead atoms. The highest BCUT2D eigenvalue weighted by molar-refractivity contribution is 7.81. The minimum atomic E-state index is -5.26. The average Bonchev–Trinajstić information content (AvgIpc) is 3.61. The topological polar surface area (TPSA) is 129 Å². The van der Waals surface area contributed by atoms with Crippen LogP contribution in [0.4, 0.5) is 37.7 Å². The van der Waals surface area contributed by atoms with Gasteiger partial charge in [-0.2, -0.15) is 18.4 Å². The van der Waals surface area contributed by atoms with E-state index in [4.69, 9.17) is 22.2 Å². The third-order valence-corrected chi connectivity index (χ3v) is 9.52. The third kappa shape index (κ3) is 8.41. The van der Waals surface area contributed by atoms with E-state index in [0.717, 1.165) is 35.4 Å². The Morgan fingerprint density at radius 1 is 1.09 bits per heavy atom. The highest BCUT2D eigenvalue weighted by Gasteiger charge is 2.52. The SMILES string of the molecule is C[C@@H](NC(=O)CCCn1cc(COc2ccc(-c3ncc(N4C(=S)N(c5ccc(C#N)c(C(F)(F)F)c5F)C(=O)C4(C)C)cc3F)cc2F)nn1)C(C)(C)C. The van der Waals surface area contributed by atoms with Crippen LogP contribution in [0.25, 0.3) is 11.3 Å². The molecule has 0 spiro atoms. The molecule has 0 unspecified atom stereocenters. The smallest absolute Gasteiger partial charge is 0.420 e. The lowest BCUT2D eigenvalue weighted by atomic mass is 9.88. The Bertz CT molecular complexity index is 2190. The number of benzene rings is 2. The van der Waals surface area contributed by atoms with Crippen LogP contribution in [0, 0.1) is 34.2 Å². The first-order valence-corrected chi connectivity index (χ1v) is 17.3. The van der Waals surface area contributed by atoms with Crippen LogP contribution >= 0.6 is 12.2 Å². The number of rotatable bonds is 11. The van der Waals surface area contributed by atoms with Crippen molar-refractivity contribution in [3.05, 3.63) is 83.1 Å². The lowest BCUT2D eigenvalue weighted by Gasteiger charge is -2.29. The van der Waals surface area contributed by atoms with Gasteiger partial charge in [-0.25, -0.2) is 13.2 Å². The van der Waals surface area contributed by atoms with Gasteiger partial charge in [0.05, 0.1) is 35.4 Å². The quantitative estimate of drug-likeness (QED) is 0.122. The number of amides is 2. The molecule has 11 nitrogen and oxygen atoms in total. The van der Waals surface area contributed by atoms with Gasteiger partial charge in [-0.1, -0.05) is 26.0 Å². The van der Waals surface area contributed by atoms with Gasteiger partial charge in [0.25, 0.3) is 5.91 Å². The van der Waals surface area contributed by atoms with Crippen LogP contribution in [-0.2, 0) is 28.9 Å². The van der Waals surface area contributed by atoms with E-state index in [1.165, 1.54) is 32.0 Å². The van der Waals surface area contributed by atoms with Crippen molar-refractivity contribution in [2.45, 2.75) is 85.3 Å². The van der Waals surface area contributed by atoms with Crippen molar-refractivity contribution in [3.63, 3.8) is 0 Å². The number of aromatic nitrogens is 4. The zero-order valence-corrected chi connectivity index (χ0v) is 31.4. The lowest BCUT2D eigenvalue weighted by Crippen LogP contribution is -2.44. The Hall–Kier alpha value is -5.57. The highest BCUT2D eigenvalue weighted by Crippen LogP contribution is 2.42. The van der Waals surface area contributed by atoms with Crippen LogP contribution in [0.3, 0.4) is 0 Å². The minimum absolute atomic E-state index is 0.00942. The maximum absolute atomic E-state index is 15.6. The predicted octanol–water partition coefficient (Wildman–Crippen LogP) is 7.47. The molecule has 0 saturated carbocycles. The molecule has 3 heterocycles. The fourth-order valence-corrected chi connectivity index (χ4v) is 6.19. The summed E-state index contributed by atoms with van der Waals surface area (Å²) in [4.78, 5) is 31.5. The van der Waals surface area contributed by atoms with E-state index in [1.807, 2.05) is 27.7 Å². The van der Waals surface area contributed by atoms with Crippen LogP contribution in [0.2, 0.25) is 0 Å². The third-order valence-electron chi connectivity index (χ3n) is 9.15. The molecule has 4 aromatic rings. The van der Waals surface area contributed by atoms with Crippen molar-refractivity contribution in [2.75, 3.05) is 9.80 Å². The summed E-state index contributed by atoms with van der Waals surface area (Å²) >= 11 is 5.40. The van der Waals surface area contributed by atoms with Crippen molar-refractivity contribution in [1.29, 1.82) is 5.26 Å². The lowest BCUT2D eigenvalue weighted by molar-refractivity contribution is -0.140. The number of ether oxygens (including phenoxy) is 1. The zero-order valence-electron chi connectivity index (χ0n) is 30.6. The molecular weight excluding hydrogens is 751 g/mol. The molecule has 55 heavy (non-hydrogen) atoms. The standard InChI is InChI=1S/C37H36F6N8O3S/c1-20(35(2,3)4)46-29(52)8-7-13-49-18-23(47-48-49)19-54-28-12-10-21(14-25(28)38)32-26(39)15-24(17-45-32)51-34(55)50(33(53)36(51,5)6)27-11-9-22(16-44)30(31(27)40)37(41,42)43/h9-12,14-15,17-18,20H,7-8,13,19H2,1-6H3,(H,46,52)/t20-/m1/s1. The molecule has 2 amide bonds. The van der Waals surface area contributed by atoms with Gasteiger partial charge in [0, 0.05) is 30.6 Å². The first kappa shape index (κ1) is 40.6. The number of nitrogens with one attached hydrogen (secondary N) is 1. The van der Waals surface area contributed by atoms with E-state index in [0.29, 0.717) is 30.0 Å². The van der Waals surface area contributed by atoms with E-state index in [2.05, 4.69) is 20.6 Å². The summed E-state index contributed by atoms with van der Waals surface area (Å²) in [6, 6.07) is 7.46. The normalized spacial score (nSPS) is 15.0. The van der Waals surface area contributed by atoms with Crippen LogP contribution in [0.15, 0.2) is 48.8 Å². The number of carbonyl (C=O) groups excluding carboxylic acids is 2. The number of pyridine rings is 1. The number of thiocarbonyl (C=S) groups is 1. The van der Waals surface area contributed by atoms with E-state index >= 15 is 13.2 Å². The predicted molar refractivity (Wildman–Crippen MR) is 193 cm³/mol. The van der Waals surface area contributed by atoms with Gasteiger partial charge in [0.1, 0.15) is 29.1 Å². The van der Waals surface area contributed by atoms with E-state index < -0.39 is 57.0 Å². The molecule has 1 aliphatic heterocycles. The van der Waals surface area contributed by atoms with Crippen LogP contribution in [0.1, 0.15) is 71.2 Å². The molecule has 1 N–H and O–H groups in total. The second-order valence-electron chi connectivity index (χ2n) is 14.4. The summed E-state index contributed by atoms with van der Waals surface area (Å²) in [7, 11) is 0. The highest BCUT2D eigenvalue weighted by atomic mass is 32.1. The molecule has 1 atom stereocenters. The van der Waals surface area contributed by atoms with Crippen molar-refractivity contribution in [2.24, 2.45) is 5.41 Å². The number of anilines is 2. The van der Waals surface area contributed by atoms with Gasteiger partial charge in [-0.15, -0.1) is 5.10 Å². The number of nitriles is 1. The van der Waals surface area contributed by atoms with Crippen LogP contribution < -0.4 is 19.9 Å². The molecule has 1 aliphatic rings. The number of alkyl halides is 3. The fraction of sp³-hybridized carbons (Fsp3) is 0.378. The molecule has 18 heteroatoms. The molecule has 0 radical (unpaired) electrons. The zero-order chi connectivity index (χ0) is 40.6. The van der Waals surface area contributed by atoms with E-state index in [9.17, 15) is 22.8 Å². The summed E-state index contributed by atoms with van der Waals surface area (Å²) in [6.45, 7) is 11.1. The number of halogens is 6. The fourth-order valence-electron chi connectivity index (χ4n) is 5.67. The first-order chi connectivity index (χ1) is 25.6. The molecule has 290 valence electrons. The summed E-state index contributed by atoms with van der Waals surface area (Å²) < 4.78 is 94.3. The minimum Gasteiger partial charge on any atom is -0.484 e. The Balaban J connectivity index is 1.26. The van der Waals surface area contributed by atoms with E-state index in [-0.39, 0.29) is 46.7 Å². The van der Waals surface area contributed by atoms with Gasteiger partial charge in [-0.3, -0.25) is 24.2 Å². The van der Waals surface area contributed by atoms with Gasteiger partial charge < -0.3 is 15.0 Å². The maximum Gasteiger partial charge on any atom is 0.420 e. The van der Waals surface area contributed by atoms with Crippen LogP contribution in [-0.4, -0.2) is 48.5 Å². The molecular formula is C37H36F6N8O3S. The Morgan fingerprint density at radius 2 is 1.80 bits per heavy atom. The Labute approximate surface area is 317 Å². The van der Waals surface area contributed by atoms with Gasteiger partial charge >= 0.3 is 6.18 Å². The number of hydrogen-bond acceptors (Lipinski definition) is 8. The number of aryl methyl sites for hydroxylation is 1. The van der Waals surface area contributed by atoms with E-state index in [1.54, 1.807) is 10.9 Å². The second-order valence-corrected chi connectivity index (χ2v) is 14.8. The largest absolute Gasteiger partial charge is 0.484 e.